The Kier molecular flexibility index (Phi) is 9.71. The number of hydrogen-bond acceptors (Lipinski definition) is 6. The molecule has 1 aliphatic heterocycles. The summed E-state index contributed by atoms with van der Waals surface area (Å²) in [6, 6.07) is 12.5. The number of carbonyl (C=O) groups excluding carboxylic acids is 1. The lowest BCUT2D eigenvalue weighted by molar-refractivity contribution is -0.140. The first-order valence-electron chi connectivity index (χ1n) is 11.6. The highest BCUT2D eigenvalue weighted by molar-refractivity contribution is 6.30. The van der Waals surface area contributed by atoms with Gasteiger partial charge in [0.25, 0.3) is 0 Å². The summed E-state index contributed by atoms with van der Waals surface area (Å²) < 4.78 is 24.2. The molecule has 0 amide bonds. The minimum atomic E-state index is -1.10. The molecule has 1 heterocycles. The van der Waals surface area contributed by atoms with Crippen LogP contribution in [0.3, 0.4) is 0 Å². The van der Waals surface area contributed by atoms with Crippen molar-refractivity contribution in [2.75, 3.05) is 33.4 Å². The van der Waals surface area contributed by atoms with Crippen molar-refractivity contribution in [3.8, 4) is 5.75 Å². The first-order valence-corrected chi connectivity index (χ1v) is 12.0. The Morgan fingerprint density at radius 2 is 1.94 bits per heavy atom. The van der Waals surface area contributed by atoms with E-state index in [1.807, 2.05) is 12.1 Å². The first kappa shape index (κ1) is 26.4. The molecule has 2 aromatic rings. The van der Waals surface area contributed by atoms with Crippen LogP contribution in [-0.2, 0) is 22.5 Å². The zero-order chi connectivity index (χ0) is 24.6. The smallest absolute Gasteiger partial charge is 0.305 e. The maximum Gasteiger partial charge on any atom is 0.305 e. The largest absolute Gasteiger partial charge is 0.490 e. The number of methoxy groups -OCH3 is 1. The Morgan fingerprint density at radius 1 is 1.24 bits per heavy atom. The Morgan fingerprint density at radius 3 is 2.62 bits per heavy atom. The van der Waals surface area contributed by atoms with E-state index < -0.39 is 11.4 Å². The molecule has 2 N–H and O–H groups in total. The van der Waals surface area contributed by atoms with Gasteiger partial charge in [0.15, 0.2) is 0 Å². The Bertz CT molecular complexity index is 931. The number of hydrogen-bond donors (Lipinski definition) is 2. The summed E-state index contributed by atoms with van der Waals surface area (Å²) in [5.41, 5.74) is 0.721. The Hall–Kier alpha value is -2.19. The van der Waals surface area contributed by atoms with Gasteiger partial charge < -0.3 is 19.9 Å². The number of rotatable bonds is 11. The number of aliphatic hydroxyl groups is 1. The van der Waals surface area contributed by atoms with Gasteiger partial charge in [-0.2, -0.15) is 0 Å². The molecule has 3 rings (SSSR count). The van der Waals surface area contributed by atoms with Crippen molar-refractivity contribution in [3.05, 3.63) is 64.4 Å². The molecule has 6 nitrogen and oxygen atoms in total. The summed E-state index contributed by atoms with van der Waals surface area (Å²) in [4.78, 5) is 13.9. The number of likely N-dealkylation sites (tertiary alicyclic amines) is 1. The number of nitrogens with one attached hydrogen (secondary N) is 1. The predicted molar refractivity (Wildman–Crippen MR) is 131 cm³/mol. The number of carbonyl (C=O) groups is 1. The van der Waals surface area contributed by atoms with Gasteiger partial charge in [-0.05, 0) is 80.7 Å². The highest BCUT2D eigenvalue weighted by atomic mass is 35.5. The van der Waals surface area contributed by atoms with Crippen LogP contribution in [0.4, 0.5) is 4.39 Å². The second kappa shape index (κ2) is 12.5. The lowest BCUT2D eigenvalue weighted by atomic mass is 10.0. The van der Waals surface area contributed by atoms with E-state index in [-0.39, 0.29) is 19.0 Å². The van der Waals surface area contributed by atoms with Crippen LogP contribution >= 0.6 is 11.6 Å². The van der Waals surface area contributed by atoms with E-state index in [2.05, 4.69) is 27.1 Å². The molecule has 186 valence electrons. The second-order valence-electron chi connectivity index (χ2n) is 9.17. The number of piperidine rings is 1. The molecule has 1 atom stereocenters. The molecule has 0 radical (unpaired) electrons. The average Bonchev–Trinajstić information content (AvgIpc) is 2.83. The number of nitrogens with zero attached hydrogens (tertiary/aromatic N) is 1. The first-order chi connectivity index (χ1) is 16.2. The lowest BCUT2D eigenvalue weighted by Gasteiger charge is -2.34. The van der Waals surface area contributed by atoms with Crippen molar-refractivity contribution in [1.82, 2.24) is 10.2 Å². The third-order valence-electron chi connectivity index (χ3n) is 6.07. The van der Waals surface area contributed by atoms with Crippen LogP contribution in [-0.4, -0.2) is 61.0 Å². The topological polar surface area (TPSA) is 71.0 Å². The molecule has 1 fully saturated rings. The molecule has 0 aliphatic carbocycles. The summed E-state index contributed by atoms with van der Waals surface area (Å²) in [5, 5.41) is 15.0. The van der Waals surface area contributed by atoms with Crippen LogP contribution in [0.25, 0.3) is 0 Å². The number of aryl methyl sites for hydroxylation is 1. The molecule has 0 spiro atoms. The van der Waals surface area contributed by atoms with Gasteiger partial charge in [0, 0.05) is 30.6 Å². The van der Waals surface area contributed by atoms with Crippen LogP contribution in [0.5, 0.6) is 5.75 Å². The van der Waals surface area contributed by atoms with Gasteiger partial charge in [-0.1, -0.05) is 23.7 Å². The zero-order valence-electron chi connectivity index (χ0n) is 19.9. The third kappa shape index (κ3) is 8.55. The average molecular weight is 493 g/mol. The summed E-state index contributed by atoms with van der Waals surface area (Å²) >= 11 is 5.96. The van der Waals surface area contributed by atoms with Gasteiger partial charge in [-0.3, -0.25) is 9.69 Å². The molecule has 2 aromatic carbocycles. The minimum absolute atomic E-state index is 0.0479. The van der Waals surface area contributed by atoms with Crippen LogP contribution in [0.2, 0.25) is 5.02 Å². The monoisotopic (exact) mass is 492 g/mol. The molecule has 8 heteroatoms. The molecular formula is C26H34ClFN2O4. The van der Waals surface area contributed by atoms with E-state index in [9.17, 15) is 14.3 Å². The summed E-state index contributed by atoms with van der Waals surface area (Å²) in [6.45, 7) is 5.02. The fourth-order valence-corrected chi connectivity index (χ4v) is 4.14. The van der Waals surface area contributed by atoms with Crippen LogP contribution in [0.15, 0.2) is 42.5 Å². The van der Waals surface area contributed by atoms with E-state index in [4.69, 9.17) is 16.3 Å². The van der Waals surface area contributed by atoms with Crippen LogP contribution < -0.4 is 10.1 Å². The fourth-order valence-electron chi connectivity index (χ4n) is 4.01. The van der Waals surface area contributed by atoms with E-state index in [0.717, 1.165) is 37.5 Å². The van der Waals surface area contributed by atoms with Crippen molar-refractivity contribution < 1.29 is 23.8 Å². The van der Waals surface area contributed by atoms with E-state index in [1.165, 1.54) is 30.9 Å². The summed E-state index contributed by atoms with van der Waals surface area (Å²) in [5.74, 6) is -0.310. The van der Waals surface area contributed by atoms with Crippen LogP contribution in [0, 0.1) is 5.82 Å². The predicted octanol–water partition coefficient (Wildman–Crippen LogP) is 3.97. The minimum Gasteiger partial charge on any atom is -0.490 e. The molecular weight excluding hydrogens is 459 g/mol. The van der Waals surface area contributed by atoms with Crippen LogP contribution in [0.1, 0.15) is 37.3 Å². The van der Waals surface area contributed by atoms with Crippen molar-refractivity contribution >= 4 is 17.6 Å². The molecule has 0 saturated carbocycles. The lowest BCUT2D eigenvalue weighted by Crippen LogP contribution is -2.49. The van der Waals surface area contributed by atoms with Crippen molar-refractivity contribution in [2.24, 2.45) is 0 Å². The molecule has 1 saturated heterocycles. The maximum atomic E-state index is 13.7. The van der Waals surface area contributed by atoms with Crippen molar-refractivity contribution in [1.29, 1.82) is 0 Å². The number of benzene rings is 2. The van der Waals surface area contributed by atoms with E-state index in [0.29, 0.717) is 30.3 Å². The zero-order valence-corrected chi connectivity index (χ0v) is 20.6. The molecule has 0 aromatic heterocycles. The third-order valence-corrected chi connectivity index (χ3v) is 6.32. The van der Waals surface area contributed by atoms with E-state index >= 15 is 0 Å². The SMILES string of the molecule is COC(=O)CCc1cc(F)ccc1OC[C@@](C)(O)CNC1CCN(Cc2ccc(Cl)cc2)CC1. The molecule has 0 bridgehead atoms. The van der Waals surface area contributed by atoms with Gasteiger partial charge in [0.2, 0.25) is 0 Å². The molecule has 34 heavy (non-hydrogen) atoms. The number of esters is 1. The van der Waals surface area contributed by atoms with Gasteiger partial charge >= 0.3 is 5.97 Å². The summed E-state index contributed by atoms with van der Waals surface area (Å²) in [7, 11) is 1.32. The van der Waals surface area contributed by atoms with E-state index in [1.54, 1.807) is 6.92 Å². The fraction of sp³-hybridized carbons (Fsp3) is 0.500. The number of halogens is 2. The van der Waals surface area contributed by atoms with Gasteiger partial charge in [0.1, 0.15) is 23.8 Å². The Labute approximate surface area is 206 Å². The molecule has 1 aliphatic rings. The van der Waals surface area contributed by atoms with Gasteiger partial charge in [-0.25, -0.2) is 4.39 Å². The normalized spacial score (nSPS) is 16.7. The van der Waals surface area contributed by atoms with Crippen molar-refractivity contribution in [2.45, 2.75) is 50.8 Å². The highest BCUT2D eigenvalue weighted by Gasteiger charge is 2.26. The standard InChI is InChI=1S/C26H34ClFN2O4/c1-26(32,18-34-24-9-8-22(28)15-20(24)5-10-25(31)33-2)17-29-23-11-13-30(14-12-23)16-19-3-6-21(27)7-4-19/h3-4,6-9,15,23,29,32H,5,10-14,16-18H2,1-2H3/t26-/m0/s1. The second-order valence-corrected chi connectivity index (χ2v) is 9.61. The summed E-state index contributed by atoms with van der Waals surface area (Å²) in [6.07, 6.45) is 2.43. The van der Waals surface area contributed by atoms with Gasteiger partial charge in [0.05, 0.1) is 7.11 Å². The van der Waals surface area contributed by atoms with Crippen molar-refractivity contribution in [3.63, 3.8) is 0 Å². The quantitative estimate of drug-likeness (QED) is 0.462. The maximum absolute atomic E-state index is 13.7. The highest BCUT2D eigenvalue weighted by Crippen LogP contribution is 2.23. The molecule has 0 unspecified atom stereocenters. The number of ether oxygens (including phenoxy) is 2. The van der Waals surface area contributed by atoms with Gasteiger partial charge in [-0.15, -0.1) is 0 Å². The Balaban J connectivity index is 1.43.